The minimum Gasteiger partial charge on any atom is -0.497 e. The molecule has 0 radical (unpaired) electrons. The maximum absolute atomic E-state index is 13.9. The van der Waals surface area contributed by atoms with Gasteiger partial charge in [0.1, 0.15) is 23.6 Å². The van der Waals surface area contributed by atoms with E-state index in [1.165, 1.54) is 35.5 Å². The number of hydrazine groups is 1. The van der Waals surface area contributed by atoms with Gasteiger partial charge in [-0.05, 0) is 61.7 Å². The van der Waals surface area contributed by atoms with Crippen LogP contribution in [0.25, 0.3) is 0 Å². The molecule has 256 valence electrons. The Balaban J connectivity index is 2.07. The first-order valence-electron chi connectivity index (χ1n) is 14.3. The van der Waals surface area contributed by atoms with Gasteiger partial charge in [0.05, 0.1) is 48.4 Å². The van der Waals surface area contributed by atoms with Crippen molar-refractivity contribution in [2.24, 2.45) is 5.73 Å². The molecular formula is C30H42F3N5O8. The molecule has 0 aliphatic carbocycles. The van der Waals surface area contributed by atoms with Crippen molar-refractivity contribution in [2.75, 3.05) is 42.1 Å². The Morgan fingerprint density at radius 1 is 0.848 bits per heavy atom. The number of rotatable bonds is 19. The van der Waals surface area contributed by atoms with Crippen molar-refractivity contribution in [3.05, 3.63) is 41.5 Å². The third kappa shape index (κ3) is 11.5. The Morgan fingerprint density at radius 2 is 1.50 bits per heavy atom. The lowest BCUT2D eigenvalue weighted by atomic mass is 10.1. The molecule has 13 nitrogen and oxygen atoms in total. The number of nitrogens with one attached hydrogen (secondary N) is 4. The van der Waals surface area contributed by atoms with Crippen LogP contribution in [0.5, 0.6) is 28.7 Å². The average molecular weight is 658 g/mol. The van der Waals surface area contributed by atoms with E-state index in [1.807, 2.05) is 10.9 Å². The number of hydrogen-bond acceptors (Lipinski definition) is 10. The second-order valence-corrected chi connectivity index (χ2v) is 10.0. The molecular weight excluding hydrogens is 615 g/mol. The van der Waals surface area contributed by atoms with Gasteiger partial charge in [0, 0.05) is 12.1 Å². The Kier molecular flexibility index (Phi) is 15.2. The Hall–Kier alpha value is -4.44. The van der Waals surface area contributed by atoms with Crippen molar-refractivity contribution < 1.29 is 51.2 Å². The zero-order chi connectivity index (χ0) is 34.3. The minimum absolute atomic E-state index is 0.109. The van der Waals surface area contributed by atoms with E-state index in [0.717, 1.165) is 0 Å². The minimum atomic E-state index is -4.90. The third-order valence-electron chi connectivity index (χ3n) is 6.81. The summed E-state index contributed by atoms with van der Waals surface area (Å²) >= 11 is 0. The zero-order valence-electron chi connectivity index (χ0n) is 26.5. The molecule has 0 bridgehead atoms. The van der Waals surface area contributed by atoms with Crippen LogP contribution in [0, 0.1) is 0 Å². The second-order valence-electron chi connectivity index (χ2n) is 10.0. The Bertz CT molecular complexity index is 1290. The average Bonchev–Trinajstić information content (AvgIpc) is 3.03. The zero-order valence-corrected chi connectivity index (χ0v) is 26.5. The van der Waals surface area contributed by atoms with Crippen LogP contribution >= 0.6 is 0 Å². The molecule has 2 atom stereocenters. The van der Waals surface area contributed by atoms with E-state index < -0.39 is 42.4 Å². The number of benzene rings is 2. The number of amides is 3. The van der Waals surface area contributed by atoms with Gasteiger partial charge in [-0.25, -0.2) is 5.43 Å². The van der Waals surface area contributed by atoms with Crippen molar-refractivity contribution in [3.63, 3.8) is 0 Å². The Morgan fingerprint density at radius 3 is 2.04 bits per heavy atom. The predicted molar refractivity (Wildman–Crippen MR) is 162 cm³/mol. The first-order valence-corrected chi connectivity index (χ1v) is 14.3. The number of carbonyl (C=O) groups is 3. The number of ether oxygens (including phenoxy) is 5. The fraction of sp³-hybridized carbons (Fsp3) is 0.500. The van der Waals surface area contributed by atoms with E-state index in [4.69, 9.17) is 29.4 Å². The largest absolute Gasteiger partial charge is 0.497 e. The fourth-order valence-corrected chi connectivity index (χ4v) is 4.39. The predicted octanol–water partition coefficient (Wildman–Crippen LogP) is 2.14. The maximum Gasteiger partial charge on any atom is 0.406 e. The number of unbranched alkanes of at least 4 members (excludes halogenated alkanes) is 1. The number of nitrogens with two attached hydrogens (primary N) is 1. The number of methoxy groups -OCH3 is 5. The summed E-state index contributed by atoms with van der Waals surface area (Å²) < 4.78 is 67.8. The molecule has 2 aromatic rings. The molecule has 0 saturated carbocycles. The van der Waals surface area contributed by atoms with Crippen LogP contribution < -0.4 is 50.9 Å². The molecule has 2 aromatic carbocycles. The van der Waals surface area contributed by atoms with Crippen molar-refractivity contribution in [1.82, 2.24) is 21.5 Å². The van der Waals surface area contributed by atoms with Crippen molar-refractivity contribution in [2.45, 2.75) is 56.9 Å². The molecule has 0 aliphatic rings. The van der Waals surface area contributed by atoms with E-state index in [0.29, 0.717) is 59.3 Å². The summed E-state index contributed by atoms with van der Waals surface area (Å²) in [6.07, 6.45) is -5.09. The van der Waals surface area contributed by atoms with Gasteiger partial charge in [-0.1, -0.05) is 0 Å². The summed E-state index contributed by atoms with van der Waals surface area (Å²) in [7, 11) is 7.12. The van der Waals surface area contributed by atoms with E-state index in [9.17, 15) is 27.6 Å². The van der Waals surface area contributed by atoms with E-state index >= 15 is 0 Å². The van der Waals surface area contributed by atoms with Crippen LogP contribution in [0.15, 0.2) is 30.3 Å². The molecule has 2 rings (SSSR count). The molecule has 6 N–H and O–H groups in total. The van der Waals surface area contributed by atoms with Crippen LogP contribution in [0.2, 0.25) is 0 Å². The van der Waals surface area contributed by atoms with Crippen LogP contribution in [0.1, 0.15) is 36.8 Å². The number of carbonyl (C=O) groups excluding carboxylic acids is 3. The highest BCUT2D eigenvalue weighted by atomic mass is 19.4. The van der Waals surface area contributed by atoms with Crippen LogP contribution in [0.4, 0.5) is 13.2 Å². The fourth-order valence-electron chi connectivity index (χ4n) is 4.39. The molecule has 3 amide bonds. The van der Waals surface area contributed by atoms with Gasteiger partial charge in [-0.3, -0.25) is 19.8 Å². The molecule has 0 fully saturated rings. The summed E-state index contributed by atoms with van der Waals surface area (Å²) in [5.74, 6) is -0.617. The lowest BCUT2D eigenvalue weighted by molar-refractivity contribution is -0.165. The van der Waals surface area contributed by atoms with Gasteiger partial charge < -0.3 is 40.1 Å². The van der Waals surface area contributed by atoms with Gasteiger partial charge >= 0.3 is 6.18 Å². The molecule has 16 heteroatoms. The van der Waals surface area contributed by atoms with Gasteiger partial charge in [-0.15, -0.1) is 0 Å². The SMILES string of the molecule is COc1ccc(OC)c(CC(=O)N[C@@H](CCCCN)C(=O)NNC(CC(=O)NCc2cc(OC)c(OC)c(OC)c2)C(F)(F)F)c1. The Labute approximate surface area is 265 Å². The first-order chi connectivity index (χ1) is 21.9. The summed E-state index contributed by atoms with van der Waals surface area (Å²) in [5.41, 5.74) is 10.4. The number of hydrogen-bond donors (Lipinski definition) is 5. The smallest absolute Gasteiger partial charge is 0.406 e. The quantitative estimate of drug-likeness (QED) is 0.111. The van der Waals surface area contributed by atoms with Gasteiger partial charge in [-0.2, -0.15) is 13.2 Å². The number of halogens is 3. The van der Waals surface area contributed by atoms with Gasteiger partial charge in [0.2, 0.25) is 17.6 Å². The molecule has 46 heavy (non-hydrogen) atoms. The van der Waals surface area contributed by atoms with Crippen molar-refractivity contribution >= 4 is 17.7 Å². The normalized spacial score (nSPS) is 12.4. The van der Waals surface area contributed by atoms with E-state index in [-0.39, 0.29) is 19.4 Å². The van der Waals surface area contributed by atoms with E-state index in [1.54, 1.807) is 30.3 Å². The monoisotopic (exact) mass is 657 g/mol. The highest BCUT2D eigenvalue weighted by Gasteiger charge is 2.41. The number of alkyl halides is 3. The summed E-state index contributed by atoms with van der Waals surface area (Å²) in [6, 6.07) is 4.35. The van der Waals surface area contributed by atoms with E-state index in [2.05, 4.69) is 10.6 Å². The van der Waals surface area contributed by atoms with Gasteiger partial charge in [0.15, 0.2) is 11.5 Å². The van der Waals surface area contributed by atoms with Crippen LogP contribution in [0.3, 0.4) is 0 Å². The standard InChI is InChI=1S/C30H42F3N5O8/c1-42-20-9-10-22(43-2)19(14-20)15-27(40)36-21(8-6-7-11-34)29(41)38-37-25(30(31,32)33)16-26(39)35-17-18-12-23(44-3)28(46-5)24(13-18)45-4/h9-10,12-14,21,25,37H,6-8,11,15-17,34H2,1-5H3,(H,35,39)(H,36,40)(H,38,41)/t21-,25?/m0/s1. The summed E-state index contributed by atoms with van der Waals surface area (Å²) in [5, 5.41) is 4.98. The van der Waals surface area contributed by atoms with Gasteiger partial charge in [0.25, 0.3) is 5.91 Å². The molecule has 1 unspecified atom stereocenters. The highest BCUT2D eigenvalue weighted by Crippen LogP contribution is 2.38. The lowest BCUT2D eigenvalue weighted by Crippen LogP contribution is -2.57. The van der Waals surface area contributed by atoms with Crippen molar-refractivity contribution in [1.29, 1.82) is 0 Å². The summed E-state index contributed by atoms with van der Waals surface area (Å²) in [6.45, 7) is 0.183. The second kappa shape index (κ2) is 18.5. The highest BCUT2D eigenvalue weighted by molar-refractivity contribution is 5.88. The molecule has 0 spiro atoms. The van der Waals surface area contributed by atoms with Crippen LogP contribution in [-0.2, 0) is 27.3 Å². The van der Waals surface area contributed by atoms with Crippen molar-refractivity contribution in [3.8, 4) is 28.7 Å². The molecule has 0 aliphatic heterocycles. The van der Waals surface area contributed by atoms with Crippen LogP contribution in [-0.4, -0.2) is 78.1 Å². The third-order valence-corrected chi connectivity index (χ3v) is 6.81. The topological polar surface area (TPSA) is 171 Å². The molecule has 0 saturated heterocycles. The molecule has 0 heterocycles. The first kappa shape index (κ1) is 37.7. The molecule has 0 aromatic heterocycles. The lowest BCUT2D eigenvalue weighted by Gasteiger charge is -2.24. The summed E-state index contributed by atoms with van der Waals surface area (Å²) in [4.78, 5) is 38.4. The maximum atomic E-state index is 13.9.